The second-order valence-corrected chi connectivity index (χ2v) is 9.45. The maximum atomic E-state index is 14.7. The minimum Gasteiger partial charge on any atom is -0.387 e. The normalized spacial score (nSPS) is 21.4. The fourth-order valence-corrected chi connectivity index (χ4v) is 4.84. The summed E-state index contributed by atoms with van der Waals surface area (Å²) in [4.78, 5) is 25.7. The molecule has 2 N–H and O–H groups in total. The average Bonchev–Trinajstić information content (AvgIpc) is 3.10. The van der Waals surface area contributed by atoms with E-state index in [1.54, 1.807) is 18.7 Å². The van der Waals surface area contributed by atoms with Crippen LogP contribution in [0, 0.1) is 5.82 Å². The number of rotatable bonds is 5. The number of carbonyl (C=O) groups is 1. The molecule has 1 amide bonds. The average molecular weight is 496 g/mol. The van der Waals surface area contributed by atoms with Crippen LogP contribution in [0.5, 0.6) is 0 Å². The summed E-state index contributed by atoms with van der Waals surface area (Å²) in [6, 6.07) is 0.944. The van der Waals surface area contributed by atoms with E-state index in [1.807, 2.05) is 11.8 Å². The molecule has 2 heterocycles. The highest BCUT2D eigenvalue weighted by molar-refractivity contribution is 5.83. The van der Waals surface area contributed by atoms with Gasteiger partial charge in [-0.05, 0) is 38.3 Å². The van der Waals surface area contributed by atoms with Crippen LogP contribution in [0.3, 0.4) is 0 Å². The van der Waals surface area contributed by atoms with Crippen LogP contribution in [0.1, 0.15) is 67.6 Å². The number of halogens is 4. The fourth-order valence-electron chi connectivity index (χ4n) is 4.84. The van der Waals surface area contributed by atoms with E-state index in [-0.39, 0.29) is 17.5 Å². The molecular formula is C24H29F4N5O2. The lowest BCUT2D eigenvalue weighted by Crippen LogP contribution is -2.52. The molecular weight excluding hydrogens is 466 g/mol. The zero-order valence-electron chi connectivity index (χ0n) is 19.8. The first-order valence-corrected chi connectivity index (χ1v) is 11.7. The van der Waals surface area contributed by atoms with Gasteiger partial charge in [-0.3, -0.25) is 10.1 Å². The van der Waals surface area contributed by atoms with Crippen molar-refractivity contribution in [1.82, 2.24) is 20.2 Å². The molecule has 3 unspecified atom stereocenters. The summed E-state index contributed by atoms with van der Waals surface area (Å²) in [5.41, 5.74) is 0.348. The number of nitrogens with one attached hydrogen (secondary N) is 1. The van der Waals surface area contributed by atoms with E-state index >= 15 is 0 Å². The molecule has 4 rings (SSSR count). The Morgan fingerprint density at radius 2 is 1.86 bits per heavy atom. The zero-order chi connectivity index (χ0) is 25.5. The molecule has 0 radical (unpaired) electrons. The third kappa shape index (κ3) is 5.11. The number of aliphatic hydroxyl groups is 1. The van der Waals surface area contributed by atoms with Gasteiger partial charge in [0, 0.05) is 43.3 Å². The Morgan fingerprint density at radius 1 is 1.17 bits per heavy atom. The van der Waals surface area contributed by atoms with Gasteiger partial charge in [0.2, 0.25) is 5.91 Å². The molecule has 0 bridgehead atoms. The number of aliphatic hydroxyl groups excluding tert-OH is 1. The van der Waals surface area contributed by atoms with Crippen LogP contribution in [-0.2, 0) is 11.0 Å². The van der Waals surface area contributed by atoms with Gasteiger partial charge in [-0.1, -0.05) is 13.0 Å². The van der Waals surface area contributed by atoms with Crippen LogP contribution in [0.2, 0.25) is 0 Å². The maximum absolute atomic E-state index is 14.7. The Hall–Kier alpha value is -2.79. The molecule has 1 aliphatic carbocycles. The summed E-state index contributed by atoms with van der Waals surface area (Å²) in [6.07, 6.45) is -3.27. The highest BCUT2D eigenvalue weighted by atomic mass is 19.4. The smallest absolute Gasteiger partial charge is 0.387 e. The number of piperazine rings is 1. The molecule has 1 aromatic carbocycles. The van der Waals surface area contributed by atoms with Crippen molar-refractivity contribution in [2.75, 3.05) is 31.1 Å². The third-order valence-corrected chi connectivity index (χ3v) is 6.56. The third-order valence-electron chi connectivity index (χ3n) is 6.56. The van der Waals surface area contributed by atoms with Crippen LogP contribution in [0.25, 0.3) is 0 Å². The van der Waals surface area contributed by atoms with Crippen molar-refractivity contribution < 1.29 is 27.5 Å². The molecule has 7 nitrogen and oxygen atoms in total. The van der Waals surface area contributed by atoms with Crippen molar-refractivity contribution in [3.8, 4) is 0 Å². The number of amides is 1. The number of hydrogen-bond donors (Lipinski definition) is 2. The standard InChI is InChI=1S/C24H29F4N5O2/c1-13(2)31-20(16-5-4-15(11-17(16)25)24(26,27)28)23(35)33-8-6-32(7-9-33)22-19-14(3)10-18(34)21(19)29-12-30-22/h4-5,11-14,18,20,31,34H,6-10H2,1-3H3. The van der Waals surface area contributed by atoms with Gasteiger partial charge in [0.1, 0.15) is 24.0 Å². The number of aromatic nitrogens is 2. The minimum atomic E-state index is -4.67. The van der Waals surface area contributed by atoms with Gasteiger partial charge in [-0.25, -0.2) is 14.4 Å². The Kier molecular flexibility index (Phi) is 7.01. The first-order chi connectivity index (χ1) is 16.5. The van der Waals surface area contributed by atoms with Gasteiger partial charge < -0.3 is 14.9 Å². The SMILES string of the molecule is CC(C)NC(C(=O)N1CCN(c2ncnc3c2C(C)CC3O)CC1)c1ccc(C(F)(F)F)cc1F. The Bertz CT molecular complexity index is 1090. The first kappa shape index (κ1) is 25.3. The number of anilines is 1. The predicted octanol–water partition coefficient (Wildman–Crippen LogP) is 3.56. The Morgan fingerprint density at radius 3 is 2.46 bits per heavy atom. The van der Waals surface area contributed by atoms with Crippen LogP contribution in [0.4, 0.5) is 23.4 Å². The molecule has 190 valence electrons. The second kappa shape index (κ2) is 9.69. The lowest BCUT2D eigenvalue weighted by atomic mass is 10.0. The lowest BCUT2D eigenvalue weighted by Gasteiger charge is -2.38. The first-order valence-electron chi connectivity index (χ1n) is 11.7. The van der Waals surface area contributed by atoms with Crippen molar-refractivity contribution in [3.63, 3.8) is 0 Å². The van der Waals surface area contributed by atoms with Gasteiger partial charge in [0.25, 0.3) is 0 Å². The topological polar surface area (TPSA) is 81.6 Å². The molecule has 0 saturated carbocycles. The van der Waals surface area contributed by atoms with E-state index in [9.17, 15) is 27.5 Å². The van der Waals surface area contributed by atoms with Crippen molar-refractivity contribution in [2.24, 2.45) is 0 Å². The molecule has 35 heavy (non-hydrogen) atoms. The molecule has 0 spiro atoms. The number of carbonyl (C=O) groups excluding carboxylic acids is 1. The van der Waals surface area contributed by atoms with E-state index in [1.165, 1.54) is 6.33 Å². The van der Waals surface area contributed by atoms with E-state index in [4.69, 9.17) is 0 Å². The largest absolute Gasteiger partial charge is 0.416 e. The van der Waals surface area contributed by atoms with Crippen LogP contribution in [-0.4, -0.2) is 58.1 Å². The van der Waals surface area contributed by atoms with Crippen molar-refractivity contribution in [3.05, 3.63) is 52.7 Å². The molecule has 1 aromatic heterocycles. The Balaban J connectivity index is 1.52. The van der Waals surface area contributed by atoms with Crippen molar-refractivity contribution in [2.45, 2.75) is 57.5 Å². The number of benzene rings is 1. The number of fused-ring (bicyclic) bond motifs is 1. The monoisotopic (exact) mass is 495 g/mol. The number of nitrogens with zero attached hydrogens (tertiary/aromatic N) is 4. The van der Waals surface area contributed by atoms with Gasteiger partial charge >= 0.3 is 6.18 Å². The van der Waals surface area contributed by atoms with Crippen LogP contribution in [0.15, 0.2) is 24.5 Å². The van der Waals surface area contributed by atoms with Gasteiger partial charge in [-0.15, -0.1) is 0 Å². The molecule has 2 aliphatic rings. The fraction of sp³-hybridized carbons (Fsp3) is 0.542. The van der Waals surface area contributed by atoms with Crippen LogP contribution >= 0.6 is 0 Å². The molecule has 1 aliphatic heterocycles. The summed E-state index contributed by atoms with van der Waals surface area (Å²) in [5, 5.41) is 13.3. The van der Waals surface area contributed by atoms with Crippen molar-refractivity contribution >= 4 is 11.7 Å². The summed E-state index contributed by atoms with van der Waals surface area (Å²) < 4.78 is 53.7. The Labute approximate surface area is 201 Å². The van der Waals surface area contributed by atoms with Crippen molar-refractivity contribution in [1.29, 1.82) is 0 Å². The van der Waals surface area contributed by atoms with Gasteiger partial charge in [0.15, 0.2) is 0 Å². The minimum absolute atomic E-state index is 0.109. The molecule has 2 aromatic rings. The summed E-state index contributed by atoms with van der Waals surface area (Å²) >= 11 is 0. The quantitative estimate of drug-likeness (QED) is 0.618. The highest BCUT2D eigenvalue weighted by Gasteiger charge is 2.36. The molecule has 11 heteroatoms. The molecule has 1 fully saturated rings. The second-order valence-electron chi connectivity index (χ2n) is 9.45. The number of alkyl halides is 3. The number of hydrogen-bond acceptors (Lipinski definition) is 6. The van der Waals surface area contributed by atoms with Crippen LogP contribution < -0.4 is 10.2 Å². The van der Waals surface area contributed by atoms with E-state index in [0.717, 1.165) is 23.5 Å². The summed E-state index contributed by atoms with van der Waals surface area (Å²) in [6.45, 7) is 7.21. The summed E-state index contributed by atoms with van der Waals surface area (Å²) in [7, 11) is 0. The highest BCUT2D eigenvalue weighted by Crippen LogP contribution is 2.42. The molecule has 3 atom stereocenters. The lowest BCUT2D eigenvalue weighted by molar-refractivity contribution is -0.137. The zero-order valence-corrected chi connectivity index (χ0v) is 19.8. The van der Waals surface area contributed by atoms with E-state index < -0.39 is 35.6 Å². The van der Waals surface area contributed by atoms with E-state index in [0.29, 0.717) is 44.4 Å². The molecule has 1 saturated heterocycles. The summed E-state index contributed by atoms with van der Waals surface area (Å²) in [5.74, 6) is -0.613. The van der Waals surface area contributed by atoms with Gasteiger partial charge in [0.05, 0.1) is 17.4 Å². The van der Waals surface area contributed by atoms with E-state index in [2.05, 4.69) is 15.3 Å². The maximum Gasteiger partial charge on any atom is 0.416 e. The van der Waals surface area contributed by atoms with Gasteiger partial charge in [-0.2, -0.15) is 13.2 Å². The predicted molar refractivity (Wildman–Crippen MR) is 121 cm³/mol.